The molecule has 2 heterocycles. The van der Waals surface area contributed by atoms with Crippen LogP contribution in [0.1, 0.15) is 50.6 Å². The normalized spacial score (nSPS) is 20.9. The molecule has 1 aliphatic heterocycles. The minimum atomic E-state index is 0.156. The Balaban J connectivity index is 1.49. The van der Waals surface area contributed by atoms with Crippen LogP contribution in [-0.2, 0) is 4.79 Å². The van der Waals surface area contributed by atoms with Crippen LogP contribution in [0, 0.1) is 12.8 Å². The predicted octanol–water partition coefficient (Wildman–Crippen LogP) is 2.45. The summed E-state index contributed by atoms with van der Waals surface area (Å²) in [5.41, 5.74) is 0.988. The Labute approximate surface area is 132 Å². The SMILES string of the molecule is Cc1ccnc(N2CCC(C(=O)NC3CCCCC3)CC2)n1. The summed E-state index contributed by atoms with van der Waals surface area (Å²) in [5, 5.41) is 3.26. The van der Waals surface area contributed by atoms with Crippen LogP contribution in [0.5, 0.6) is 0 Å². The lowest BCUT2D eigenvalue weighted by atomic mass is 9.92. The molecule has 3 rings (SSSR count). The first-order valence-electron chi connectivity index (χ1n) is 8.57. The highest BCUT2D eigenvalue weighted by atomic mass is 16.1. The lowest BCUT2D eigenvalue weighted by molar-refractivity contribution is -0.126. The van der Waals surface area contributed by atoms with Crippen molar-refractivity contribution >= 4 is 11.9 Å². The predicted molar refractivity (Wildman–Crippen MR) is 86.7 cm³/mol. The lowest BCUT2D eigenvalue weighted by Crippen LogP contribution is -2.44. The van der Waals surface area contributed by atoms with E-state index < -0.39 is 0 Å². The topological polar surface area (TPSA) is 58.1 Å². The second-order valence-electron chi connectivity index (χ2n) is 6.60. The molecule has 5 nitrogen and oxygen atoms in total. The van der Waals surface area contributed by atoms with Crippen molar-refractivity contribution in [2.45, 2.75) is 57.9 Å². The van der Waals surface area contributed by atoms with Crippen molar-refractivity contribution < 1.29 is 4.79 Å². The van der Waals surface area contributed by atoms with Crippen molar-refractivity contribution in [1.82, 2.24) is 15.3 Å². The van der Waals surface area contributed by atoms with Crippen LogP contribution in [0.3, 0.4) is 0 Å². The molecule has 1 amide bonds. The summed E-state index contributed by atoms with van der Waals surface area (Å²) >= 11 is 0. The molecule has 0 bridgehead atoms. The summed E-state index contributed by atoms with van der Waals surface area (Å²) < 4.78 is 0. The molecule has 5 heteroatoms. The van der Waals surface area contributed by atoms with Crippen molar-refractivity contribution in [3.05, 3.63) is 18.0 Å². The van der Waals surface area contributed by atoms with Gasteiger partial charge in [-0.2, -0.15) is 0 Å². The van der Waals surface area contributed by atoms with Crippen LogP contribution >= 0.6 is 0 Å². The van der Waals surface area contributed by atoms with Crippen molar-refractivity contribution in [1.29, 1.82) is 0 Å². The molecule has 120 valence electrons. The summed E-state index contributed by atoms with van der Waals surface area (Å²) in [5.74, 6) is 1.21. The molecule has 0 aromatic carbocycles. The highest BCUT2D eigenvalue weighted by Gasteiger charge is 2.27. The zero-order chi connectivity index (χ0) is 15.4. The van der Waals surface area contributed by atoms with Gasteiger partial charge in [-0.25, -0.2) is 9.97 Å². The van der Waals surface area contributed by atoms with Crippen molar-refractivity contribution in [3.8, 4) is 0 Å². The molecule has 2 fully saturated rings. The van der Waals surface area contributed by atoms with Crippen LogP contribution in [0.15, 0.2) is 12.3 Å². The number of aromatic nitrogens is 2. The smallest absolute Gasteiger partial charge is 0.225 e. The number of aryl methyl sites for hydroxylation is 1. The molecular weight excluding hydrogens is 276 g/mol. The summed E-state index contributed by atoms with van der Waals surface area (Å²) in [6.45, 7) is 3.72. The average Bonchev–Trinajstić information content (AvgIpc) is 2.56. The lowest BCUT2D eigenvalue weighted by Gasteiger charge is -2.32. The fourth-order valence-corrected chi connectivity index (χ4v) is 3.50. The molecule has 22 heavy (non-hydrogen) atoms. The van der Waals surface area contributed by atoms with Crippen molar-refractivity contribution in [2.24, 2.45) is 5.92 Å². The van der Waals surface area contributed by atoms with E-state index in [2.05, 4.69) is 20.2 Å². The number of piperidine rings is 1. The number of rotatable bonds is 3. The number of hydrogen-bond donors (Lipinski definition) is 1. The minimum absolute atomic E-state index is 0.156. The van der Waals surface area contributed by atoms with E-state index in [1.807, 2.05) is 13.0 Å². The first-order valence-corrected chi connectivity index (χ1v) is 8.57. The zero-order valence-corrected chi connectivity index (χ0v) is 13.4. The van der Waals surface area contributed by atoms with Crippen LogP contribution in [-0.4, -0.2) is 35.0 Å². The highest BCUT2D eigenvalue weighted by molar-refractivity contribution is 5.79. The standard InChI is InChI=1S/C17H26N4O/c1-13-7-10-18-17(19-13)21-11-8-14(9-12-21)16(22)20-15-5-3-2-4-6-15/h7,10,14-15H,2-6,8-9,11-12H2,1H3,(H,20,22). The van der Waals surface area contributed by atoms with E-state index in [-0.39, 0.29) is 11.8 Å². The van der Waals surface area contributed by atoms with Crippen molar-refractivity contribution in [2.75, 3.05) is 18.0 Å². The number of carbonyl (C=O) groups excluding carboxylic acids is 1. The van der Waals surface area contributed by atoms with Gasteiger partial charge in [0.25, 0.3) is 0 Å². The largest absolute Gasteiger partial charge is 0.353 e. The van der Waals surface area contributed by atoms with E-state index in [4.69, 9.17) is 0 Å². The van der Waals surface area contributed by atoms with Gasteiger partial charge in [0.15, 0.2) is 0 Å². The van der Waals surface area contributed by atoms with E-state index in [1.54, 1.807) is 6.20 Å². The van der Waals surface area contributed by atoms with E-state index in [9.17, 15) is 4.79 Å². The van der Waals surface area contributed by atoms with Gasteiger partial charge in [0.1, 0.15) is 0 Å². The third kappa shape index (κ3) is 3.76. The van der Waals surface area contributed by atoms with Crippen LogP contribution in [0.25, 0.3) is 0 Å². The maximum Gasteiger partial charge on any atom is 0.225 e. The Morgan fingerprint density at radius 2 is 1.91 bits per heavy atom. The van der Waals surface area contributed by atoms with Crippen LogP contribution in [0.2, 0.25) is 0 Å². The fourth-order valence-electron chi connectivity index (χ4n) is 3.50. The third-order valence-electron chi connectivity index (χ3n) is 4.88. The van der Waals surface area contributed by atoms with Gasteiger partial charge in [0, 0.05) is 36.9 Å². The Kier molecular flexibility index (Phi) is 4.90. The Morgan fingerprint density at radius 3 is 2.59 bits per heavy atom. The molecule has 1 aromatic rings. The van der Waals surface area contributed by atoms with Gasteiger partial charge in [-0.05, 0) is 38.7 Å². The molecule has 1 aromatic heterocycles. The maximum absolute atomic E-state index is 12.4. The summed E-state index contributed by atoms with van der Waals surface area (Å²) in [7, 11) is 0. The summed E-state index contributed by atoms with van der Waals surface area (Å²) in [6.07, 6.45) is 9.75. The van der Waals surface area contributed by atoms with E-state index >= 15 is 0 Å². The number of amides is 1. The molecule has 1 N–H and O–H groups in total. The molecule has 1 saturated heterocycles. The molecular formula is C17H26N4O. The molecule has 1 saturated carbocycles. The van der Waals surface area contributed by atoms with Gasteiger partial charge < -0.3 is 10.2 Å². The Morgan fingerprint density at radius 1 is 1.18 bits per heavy atom. The first-order chi connectivity index (χ1) is 10.7. The van der Waals surface area contributed by atoms with Gasteiger partial charge in [0.05, 0.1) is 0 Å². The molecule has 0 spiro atoms. The highest BCUT2D eigenvalue weighted by Crippen LogP contribution is 2.22. The molecule has 2 aliphatic rings. The number of anilines is 1. The minimum Gasteiger partial charge on any atom is -0.353 e. The molecule has 0 atom stereocenters. The third-order valence-corrected chi connectivity index (χ3v) is 4.88. The second-order valence-corrected chi connectivity index (χ2v) is 6.60. The zero-order valence-electron chi connectivity index (χ0n) is 13.4. The van der Waals surface area contributed by atoms with Gasteiger partial charge in [-0.15, -0.1) is 0 Å². The molecule has 0 unspecified atom stereocenters. The van der Waals surface area contributed by atoms with Crippen LogP contribution < -0.4 is 10.2 Å². The average molecular weight is 302 g/mol. The van der Waals surface area contributed by atoms with E-state index in [1.165, 1.54) is 19.3 Å². The first kappa shape index (κ1) is 15.3. The number of nitrogens with one attached hydrogen (secondary N) is 1. The number of nitrogens with zero attached hydrogens (tertiary/aromatic N) is 3. The Hall–Kier alpha value is -1.65. The van der Waals surface area contributed by atoms with E-state index in [0.29, 0.717) is 6.04 Å². The quantitative estimate of drug-likeness (QED) is 0.932. The summed E-state index contributed by atoms with van der Waals surface area (Å²) in [6, 6.07) is 2.33. The maximum atomic E-state index is 12.4. The van der Waals surface area contributed by atoms with Gasteiger partial charge in [-0.3, -0.25) is 4.79 Å². The fraction of sp³-hybridized carbons (Fsp3) is 0.706. The van der Waals surface area contributed by atoms with Crippen LogP contribution in [0.4, 0.5) is 5.95 Å². The van der Waals surface area contributed by atoms with Gasteiger partial charge in [-0.1, -0.05) is 19.3 Å². The van der Waals surface area contributed by atoms with Gasteiger partial charge >= 0.3 is 0 Å². The Bertz CT molecular complexity index is 505. The monoisotopic (exact) mass is 302 g/mol. The second kappa shape index (κ2) is 7.07. The number of carbonyl (C=O) groups is 1. The number of hydrogen-bond acceptors (Lipinski definition) is 4. The molecule has 0 radical (unpaired) electrons. The van der Waals surface area contributed by atoms with Crippen molar-refractivity contribution in [3.63, 3.8) is 0 Å². The molecule has 1 aliphatic carbocycles. The van der Waals surface area contributed by atoms with Gasteiger partial charge in [0.2, 0.25) is 11.9 Å². The van der Waals surface area contributed by atoms with E-state index in [0.717, 1.165) is 50.4 Å². The summed E-state index contributed by atoms with van der Waals surface area (Å²) in [4.78, 5) is 23.4.